The Hall–Kier alpha value is -2.69. The van der Waals surface area contributed by atoms with Gasteiger partial charge in [0.2, 0.25) is 0 Å². The Kier molecular flexibility index (Phi) is 6.22. The molecule has 33 heavy (non-hydrogen) atoms. The van der Waals surface area contributed by atoms with Gasteiger partial charge in [-0.05, 0) is 79.3 Å². The summed E-state index contributed by atoms with van der Waals surface area (Å²) in [5, 5.41) is 11.2. The molecule has 2 aliphatic rings. The Balaban J connectivity index is 1.45. The highest BCUT2D eigenvalue weighted by molar-refractivity contribution is 5.45. The van der Waals surface area contributed by atoms with Crippen LogP contribution in [0.15, 0.2) is 73.1 Å². The van der Waals surface area contributed by atoms with Crippen LogP contribution in [0.4, 0.5) is 0 Å². The van der Waals surface area contributed by atoms with Crippen LogP contribution in [0.25, 0.3) is 0 Å². The second-order valence-corrected chi connectivity index (χ2v) is 9.88. The molecule has 0 amide bonds. The van der Waals surface area contributed by atoms with Crippen LogP contribution in [-0.2, 0) is 29.6 Å². The molecule has 0 saturated heterocycles. The summed E-state index contributed by atoms with van der Waals surface area (Å²) in [5.74, 6) is 1.35. The second-order valence-electron chi connectivity index (χ2n) is 9.88. The van der Waals surface area contributed by atoms with Gasteiger partial charge < -0.3 is 14.6 Å². The molecule has 1 fully saturated rings. The molecule has 3 aromatic rings. The number of fused-ring (bicyclic) bond motifs is 3. The molecule has 172 valence electrons. The van der Waals surface area contributed by atoms with Crippen LogP contribution in [-0.4, -0.2) is 29.4 Å². The molecule has 1 N–H and O–H groups in total. The summed E-state index contributed by atoms with van der Waals surface area (Å²) < 4.78 is 11.5. The lowest BCUT2D eigenvalue weighted by atomic mass is 9.52. The third-order valence-corrected chi connectivity index (χ3v) is 7.72. The van der Waals surface area contributed by atoms with Crippen molar-refractivity contribution >= 4 is 0 Å². The van der Waals surface area contributed by atoms with Gasteiger partial charge >= 0.3 is 0 Å². The number of pyridine rings is 1. The van der Waals surface area contributed by atoms with Crippen molar-refractivity contribution in [2.45, 2.75) is 56.1 Å². The molecule has 0 aliphatic heterocycles. The molecule has 2 aromatic carbocycles. The number of aryl methyl sites for hydroxylation is 1. The largest absolute Gasteiger partial charge is 0.489 e. The minimum Gasteiger partial charge on any atom is -0.489 e. The number of methoxy groups -OCH3 is 1. The summed E-state index contributed by atoms with van der Waals surface area (Å²) in [6.07, 6.45) is 9.26. The normalized spacial score (nSPS) is 26.3. The summed E-state index contributed by atoms with van der Waals surface area (Å²) in [6, 6.07) is 21.4. The molecule has 1 aromatic heterocycles. The summed E-state index contributed by atoms with van der Waals surface area (Å²) in [7, 11) is 1.69. The van der Waals surface area contributed by atoms with Crippen LogP contribution in [0, 0.1) is 5.92 Å². The van der Waals surface area contributed by atoms with Crippen LogP contribution in [0.2, 0.25) is 0 Å². The van der Waals surface area contributed by atoms with Gasteiger partial charge in [0, 0.05) is 30.5 Å². The molecule has 3 atom stereocenters. The van der Waals surface area contributed by atoms with Gasteiger partial charge in [0.05, 0.1) is 12.2 Å². The predicted molar refractivity (Wildman–Crippen MR) is 129 cm³/mol. The maximum Gasteiger partial charge on any atom is 0.120 e. The number of rotatable bonds is 7. The Bertz CT molecular complexity index is 1070. The smallest absolute Gasteiger partial charge is 0.120 e. The number of benzene rings is 2. The highest BCUT2D eigenvalue weighted by Gasteiger charge is 2.51. The van der Waals surface area contributed by atoms with Gasteiger partial charge in [0.1, 0.15) is 12.4 Å². The van der Waals surface area contributed by atoms with E-state index in [0.717, 1.165) is 49.8 Å². The fraction of sp³-hybridized carbons (Fsp3) is 0.414. The molecule has 5 rings (SSSR count). The lowest BCUT2D eigenvalue weighted by Crippen LogP contribution is -2.52. The highest BCUT2D eigenvalue weighted by Crippen LogP contribution is 2.54. The predicted octanol–water partition coefficient (Wildman–Crippen LogP) is 5.26. The highest BCUT2D eigenvalue weighted by atomic mass is 16.5. The summed E-state index contributed by atoms with van der Waals surface area (Å²) in [5.41, 5.74) is 4.59. The van der Waals surface area contributed by atoms with E-state index >= 15 is 0 Å². The number of aliphatic hydroxyl groups is 1. The van der Waals surface area contributed by atoms with E-state index in [0.29, 0.717) is 19.1 Å². The average Bonchev–Trinajstić information content (AvgIpc) is 2.84. The van der Waals surface area contributed by atoms with E-state index in [4.69, 9.17) is 9.47 Å². The van der Waals surface area contributed by atoms with E-state index in [2.05, 4.69) is 53.5 Å². The topological polar surface area (TPSA) is 51.6 Å². The molecule has 1 heterocycles. The lowest BCUT2D eigenvalue weighted by molar-refractivity contribution is -0.0919. The number of hydrogen-bond acceptors (Lipinski definition) is 4. The Labute approximate surface area is 196 Å². The van der Waals surface area contributed by atoms with Crippen molar-refractivity contribution in [1.29, 1.82) is 0 Å². The standard InChI is InChI=1S/C29H33NO3/c1-32-21-28(31)13-14-29(17-22-6-3-2-4-7-22)25(18-28)10-9-24-16-26(11-12-27(24)29)33-20-23-8-5-15-30-19-23/h2-8,11-12,15-16,19,25,31H,9-10,13-14,17-18,20-21H2,1H3. The number of ether oxygens (including phenoxy) is 2. The van der Waals surface area contributed by atoms with E-state index < -0.39 is 5.60 Å². The van der Waals surface area contributed by atoms with Crippen LogP contribution in [0.3, 0.4) is 0 Å². The molecule has 3 unspecified atom stereocenters. The fourth-order valence-electron chi connectivity index (χ4n) is 6.17. The maximum atomic E-state index is 11.2. The molecule has 0 bridgehead atoms. The lowest BCUT2D eigenvalue weighted by Gasteiger charge is -2.53. The minimum atomic E-state index is -0.718. The van der Waals surface area contributed by atoms with Crippen LogP contribution >= 0.6 is 0 Å². The van der Waals surface area contributed by atoms with Crippen LogP contribution in [0.1, 0.15) is 47.9 Å². The molecular weight excluding hydrogens is 410 g/mol. The van der Waals surface area contributed by atoms with Crippen LogP contribution < -0.4 is 4.74 Å². The summed E-state index contributed by atoms with van der Waals surface area (Å²) in [4.78, 5) is 4.18. The van der Waals surface area contributed by atoms with Crippen molar-refractivity contribution in [1.82, 2.24) is 4.98 Å². The van der Waals surface area contributed by atoms with Crippen molar-refractivity contribution in [2.75, 3.05) is 13.7 Å². The first-order valence-electron chi connectivity index (χ1n) is 12.0. The third kappa shape index (κ3) is 4.55. The third-order valence-electron chi connectivity index (χ3n) is 7.72. The molecule has 4 nitrogen and oxygen atoms in total. The Morgan fingerprint density at radius 1 is 1.03 bits per heavy atom. The fourth-order valence-corrected chi connectivity index (χ4v) is 6.17. The summed E-state index contributed by atoms with van der Waals surface area (Å²) in [6.45, 7) is 0.938. The van der Waals surface area contributed by atoms with E-state index in [1.807, 2.05) is 18.3 Å². The van der Waals surface area contributed by atoms with Gasteiger partial charge in [-0.3, -0.25) is 4.98 Å². The average molecular weight is 444 g/mol. The van der Waals surface area contributed by atoms with E-state index in [9.17, 15) is 5.11 Å². The second kappa shape index (κ2) is 9.28. The quantitative estimate of drug-likeness (QED) is 0.541. The van der Waals surface area contributed by atoms with Gasteiger partial charge in [0.25, 0.3) is 0 Å². The molecule has 1 saturated carbocycles. The summed E-state index contributed by atoms with van der Waals surface area (Å²) >= 11 is 0. The van der Waals surface area contributed by atoms with Gasteiger partial charge in [-0.1, -0.05) is 42.5 Å². The zero-order chi connectivity index (χ0) is 22.7. The van der Waals surface area contributed by atoms with E-state index in [1.54, 1.807) is 13.3 Å². The van der Waals surface area contributed by atoms with E-state index in [-0.39, 0.29) is 5.41 Å². The number of hydrogen-bond donors (Lipinski definition) is 1. The molecule has 4 heteroatoms. The van der Waals surface area contributed by atoms with Crippen LogP contribution in [0.5, 0.6) is 5.75 Å². The maximum absolute atomic E-state index is 11.2. The Morgan fingerprint density at radius 3 is 2.67 bits per heavy atom. The SMILES string of the molecule is COCC1(O)CCC2(Cc3ccccc3)c3ccc(OCc4cccnc4)cc3CCC2C1. The molecular formula is C29H33NO3. The monoisotopic (exact) mass is 443 g/mol. The van der Waals surface area contributed by atoms with E-state index in [1.165, 1.54) is 16.7 Å². The number of aromatic nitrogens is 1. The van der Waals surface area contributed by atoms with Gasteiger partial charge in [0.15, 0.2) is 0 Å². The van der Waals surface area contributed by atoms with Crippen molar-refractivity contribution in [3.63, 3.8) is 0 Å². The van der Waals surface area contributed by atoms with Gasteiger partial charge in [-0.15, -0.1) is 0 Å². The Morgan fingerprint density at radius 2 is 1.88 bits per heavy atom. The molecule has 0 radical (unpaired) electrons. The first kappa shape index (κ1) is 22.1. The first-order valence-corrected chi connectivity index (χ1v) is 12.0. The minimum absolute atomic E-state index is 0.0385. The van der Waals surface area contributed by atoms with Crippen molar-refractivity contribution in [3.05, 3.63) is 95.3 Å². The van der Waals surface area contributed by atoms with Crippen molar-refractivity contribution in [3.8, 4) is 5.75 Å². The van der Waals surface area contributed by atoms with Crippen molar-refractivity contribution in [2.24, 2.45) is 5.92 Å². The first-order chi connectivity index (χ1) is 16.1. The zero-order valence-electron chi connectivity index (χ0n) is 19.4. The van der Waals surface area contributed by atoms with Gasteiger partial charge in [-0.25, -0.2) is 0 Å². The number of nitrogens with zero attached hydrogens (tertiary/aromatic N) is 1. The molecule has 2 aliphatic carbocycles. The van der Waals surface area contributed by atoms with Crippen molar-refractivity contribution < 1.29 is 14.6 Å². The van der Waals surface area contributed by atoms with Gasteiger partial charge in [-0.2, -0.15) is 0 Å². The molecule has 0 spiro atoms. The zero-order valence-corrected chi connectivity index (χ0v) is 19.4.